The van der Waals surface area contributed by atoms with Gasteiger partial charge in [-0.25, -0.2) is 4.98 Å². The van der Waals surface area contributed by atoms with Crippen LogP contribution in [0.5, 0.6) is 0 Å². The molecule has 2 aromatic rings. The highest BCUT2D eigenvalue weighted by atomic mass is 15.0. The van der Waals surface area contributed by atoms with Crippen molar-refractivity contribution in [3.63, 3.8) is 0 Å². The summed E-state index contributed by atoms with van der Waals surface area (Å²) >= 11 is 0. The van der Waals surface area contributed by atoms with Crippen LogP contribution in [0.3, 0.4) is 0 Å². The summed E-state index contributed by atoms with van der Waals surface area (Å²) in [6.07, 6.45) is 6.10. The minimum absolute atomic E-state index is 0.250. The van der Waals surface area contributed by atoms with Crippen molar-refractivity contribution in [2.45, 2.75) is 32.7 Å². The first-order chi connectivity index (χ1) is 8.17. The second-order valence-electron chi connectivity index (χ2n) is 5.49. The summed E-state index contributed by atoms with van der Waals surface area (Å²) in [5.41, 5.74) is 2.27. The van der Waals surface area contributed by atoms with E-state index >= 15 is 0 Å². The Kier molecular flexibility index (Phi) is 2.40. The summed E-state index contributed by atoms with van der Waals surface area (Å²) in [5, 5.41) is 3.57. The molecule has 1 saturated heterocycles. The van der Waals surface area contributed by atoms with Gasteiger partial charge in [0.1, 0.15) is 5.82 Å². The van der Waals surface area contributed by atoms with E-state index in [0.29, 0.717) is 6.04 Å². The molecule has 1 aliphatic rings. The van der Waals surface area contributed by atoms with Gasteiger partial charge in [0.2, 0.25) is 0 Å². The van der Waals surface area contributed by atoms with E-state index in [-0.39, 0.29) is 5.41 Å². The molecule has 0 radical (unpaired) electrons. The van der Waals surface area contributed by atoms with Crippen LogP contribution in [-0.2, 0) is 0 Å². The Hall–Kier alpha value is -1.42. The Morgan fingerprint density at radius 1 is 1.41 bits per heavy atom. The van der Waals surface area contributed by atoms with E-state index in [0.717, 1.165) is 23.4 Å². The fourth-order valence-electron chi connectivity index (χ4n) is 2.69. The van der Waals surface area contributed by atoms with Gasteiger partial charge in [0.05, 0.1) is 23.3 Å². The van der Waals surface area contributed by atoms with Crippen LogP contribution in [0.4, 0.5) is 0 Å². The van der Waals surface area contributed by atoms with E-state index in [1.54, 1.807) is 6.20 Å². The van der Waals surface area contributed by atoms with E-state index in [1.165, 1.54) is 12.8 Å². The number of rotatable bonds is 1. The van der Waals surface area contributed by atoms with Gasteiger partial charge < -0.3 is 10.3 Å². The molecule has 1 atom stereocenters. The Morgan fingerprint density at radius 2 is 2.29 bits per heavy atom. The lowest BCUT2D eigenvalue weighted by molar-refractivity contribution is 0.175. The quantitative estimate of drug-likeness (QED) is 0.791. The van der Waals surface area contributed by atoms with Gasteiger partial charge in [-0.3, -0.25) is 4.98 Å². The predicted molar refractivity (Wildman–Crippen MR) is 67.6 cm³/mol. The molecule has 0 aliphatic carbocycles. The topological polar surface area (TPSA) is 53.6 Å². The van der Waals surface area contributed by atoms with Gasteiger partial charge in [-0.1, -0.05) is 13.8 Å². The van der Waals surface area contributed by atoms with Crippen LogP contribution < -0.4 is 5.32 Å². The lowest BCUT2D eigenvalue weighted by Gasteiger charge is -2.38. The van der Waals surface area contributed by atoms with Crippen molar-refractivity contribution in [2.24, 2.45) is 5.41 Å². The predicted octanol–water partition coefficient (Wildman–Crippen LogP) is 2.41. The fraction of sp³-hybridized carbons (Fsp3) is 0.538. The van der Waals surface area contributed by atoms with Crippen LogP contribution in [-0.4, -0.2) is 21.5 Å². The van der Waals surface area contributed by atoms with Crippen molar-refractivity contribution in [1.29, 1.82) is 0 Å². The van der Waals surface area contributed by atoms with E-state index < -0.39 is 0 Å². The number of hydrogen-bond acceptors (Lipinski definition) is 3. The molecule has 3 rings (SSSR count). The van der Waals surface area contributed by atoms with Gasteiger partial charge in [-0.05, 0) is 30.9 Å². The first-order valence-corrected chi connectivity index (χ1v) is 6.20. The molecule has 17 heavy (non-hydrogen) atoms. The molecule has 1 unspecified atom stereocenters. The van der Waals surface area contributed by atoms with Crippen LogP contribution in [0.1, 0.15) is 38.6 Å². The Balaban J connectivity index is 2.02. The molecule has 90 valence electrons. The molecular formula is C13H18N4. The highest BCUT2D eigenvalue weighted by molar-refractivity contribution is 5.73. The van der Waals surface area contributed by atoms with Gasteiger partial charge >= 0.3 is 0 Å². The van der Waals surface area contributed by atoms with Crippen molar-refractivity contribution in [3.8, 4) is 0 Å². The summed E-state index contributed by atoms with van der Waals surface area (Å²) in [5.74, 6) is 1.04. The maximum Gasteiger partial charge on any atom is 0.125 e. The van der Waals surface area contributed by atoms with E-state index in [4.69, 9.17) is 0 Å². The van der Waals surface area contributed by atoms with E-state index in [2.05, 4.69) is 34.1 Å². The summed E-state index contributed by atoms with van der Waals surface area (Å²) in [6, 6.07) is 2.26. The third-order valence-corrected chi connectivity index (χ3v) is 3.70. The van der Waals surface area contributed by atoms with Crippen LogP contribution >= 0.6 is 0 Å². The zero-order valence-corrected chi connectivity index (χ0v) is 10.3. The summed E-state index contributed by atoms with van der Waals surface area (Å²) in [4.78, 5) is 12.2. The number of nitrogens with one attached hydrogen (secondary N) is 2. The first-order valence-electron chi connectivity index (χ1n) is 6.20. The van der Waals surface area contributed by atoms with Crippen LogP contribution in [0.25, 0.3) is 11.0 Å². The molecule has 4 nitrogen and oxygen atoms in total. The van der Waals surface area contributed by atoms with Crippen molar-refractivity contribution in [2.75, 3.05) is 6.54 Å². The number of fused-ring (bicyclic) bond motifs is 1. The molecule has 0 bridgehead atoms. The minimum Gasteiger partial charge on any atom is -0.339 e. The van der Waals surface area contributed by atoms with Crippen LogP contribution in [0, 0.1) is 5.41 Å². The van der Waals surface area contributed by atoms with Crippen molar-refractivity contribution >= 4 is 11.0 Å². The van der Waals surface area contributed by atoms with Crippen molar-refractivity contribution < 1.29 is 0 Å². The number of pyridine rings is 1. The molecule has 2 N–H and O–H groups in total. The van der Waals surface area contributed by atoms with Gasteiger partial charge in [0, 0.05) is 6.20 Å². The summed E-state index contributed by atoms with van der Waals surface area (Å²) in [7, 11) is 0. The van der Waals surface area contributed by atoms with E-state index in [1.807, 2.05) is 12.3 Å². The third-order valence-electron chi connectivity index (χ3n) is 3.70. The lowest BCUT2D eigenvalue weighted by Crippen LogP contribution is -2.40. The zero-order valence-electron chi connectivity index (χ0n) is 10.3. The third kappa shape index (κ3) is 1.82. The molecule has 1 aliphatic heterocycles. The Morgan fingerprint density at radius 3 is 3.06 bits per heavy atom. The second kappa shape index (κ2) is 3.81. The molecule has 2 aromatic heterocycles. The minimum atomic E-state index is 0.250. The molecular weight excluding hydrogens is 212 g/mol. The maximum atomic E-state index is 4.67. The Labute approximate surface area is 101 Å². The van der Waals surface area contributed by atoms with E-state index in [9.17, 15) is 0 Å². The van der Waals surface area contributed by atoms with Crippen molar-refractivity contribution in [1.82, 2.24) is 20.3 Å². The average Bonchev–Trinajstić information content (AvgIpc) is 2.71. The van der Waals surface area contributed by atoms with Gasteiger partial charge in [0.15, 0.2) is 0 Å². The average molecular weight is 230 g/mol. The fourth-order valence-corrected chi connectivity index (χ4v) is 2.69. The number of aromatic amines is 1. The number of imidazole rings is 1. The molecule has 0 aromatic carbocycles. The number of nitrogens with zero attached hydrogens (tertiary/aromatic N) is 2. The summed E-state index contributed by atoms with van der Waals surface area (Å²) in [6.45, 7) is 5.67. The van der Waals surface area contributed by atoms with Crippen LogP contribution in [0.2, 0.25) is 0 Å². The maximum absolute atomic E-state index is 4.67. The summed E-state index contributed by atoms with van der Waals surface area (Å²) < 4.78 is 0. The second-order valence-corrected chi connectivity index (χ2v) is 5.49. The zero-order chi connectivity index (χ0) is 11.9. The lowest BCUT2D eigenvalue weighted by atomic mass is 9.77. The smallest absolute Gasteiger partial charge is 0.125 e. The Bertz CT molecular complexity index is 496. The van der Waals surface area contributed by atoms with Gasteiger partial charge in [0.25, 0.3) is 0 Å². The SMILES string of the molecule is CC1(C)CCCNC1c1nc2ccncc2[nH]1. The van der Waals surface area contributed by atoms with Crippen LogP contribution in [0.15, 0.2) is 18.5 Å². The number of hydrogen-bond donors (Lipinski definition) is 2. The molecule has 4 heteroatoms. The molecule has 0 amide bonds. The number of aromatic nitrogens is 3. The van der Waals surface area contributed by atoms with Gasteiger partial charge in [-0.2, -0.15) is 0 Å². The largest absolute Gasteiger partial charge is 0.339 e. The normalized spacial score (nSPS) is 24.0. The molecule has 1 fully saturated rings. The monoisotopic (exact) mass is 230 g/mol. The number of piperidine rings is 1. The molecule has 3 heterocycles. The molecule has 0 spiro atoms. The standard InChI is InChI=1S/C13H18N4/c1-13(2)5-3-6-15-11(13)12-16-9-4-7-14-8-10(9)17-12/h4,7-8,11,15H,3,5-6H2,1-2H3,(H,16,17). The highest BCUT2D eigenvalue weighted by Gasteiger charge is 2.35. The molecule has 0 saturated carbocycles. The highest BCUT2D eigenvalue weighted by Crippen LogP contribution is 2.39. The van der Waals surface area contributed by atoms with Gasteiger partial charge in [-0.15, -0.1) is 0 Å². The first kappa shape index (κ1) is 10.7. The van der Waals surface area contributed by atoms with Crippen molar-refractivity contribution in [3.05, 3.63) is 24.3 Å². The number of H-pyrrole nitrogens is 1.